The topological polar surface area (TPSA) is 66.8 Å². The molecule has 1 amide bonds. The van der Waals surface area contributed by atoms with E-state index in [1.807, 2.05) is 17.9 Å². The zero-order valence-electron chi connectivity index (χ0n) is 12.0. The van der Waals surface area contributed by atoms with E-state index < -0.39 is 5.97 Å². The maximum atomic E-state index is 12.6. The number of carbonyl (C=O) groups excluding carboxylic acids is 1. The molecule has 2 atom stereocenters. The van der Waals surface area contributed by atoms with Crippen molar-refractivity contribution in [1.29, 1.82) is 0 Å². The first-order valence-corrected chi connectivity index (χ1v) is 7.32. The van der Waals surface area contributed by atoms with Gasteiger partial charge >= 0.3 is 5.97 Å². The minimum absolute atomic E-state index is 0.0238. The summed E-state index contributed by atoms with van der Waals surface area (Å²) >= 11 is 0. The Balaban J connectivity index is 1.78. The van der Waals surface area contributed by atoms with Gasteiger partial charge in [0.15, 0.2) is 0 Å². The Hall–Kier alpha value is -1.88. The second-order valence-corrected chi connectivity index (χ2v) is 5.77. The second kappa shape index (κ2) is 5.48. The Kier molecular flexibility index (Phi) is 3.68. The van der Waals surface area contributed by atoms with Crippen molar-refractivity contribution in [3.63, 3.8) is 0 Å². The van der Waals surface area contributed by atoms with E-state index in [0.29, 0.717) is 19.7 Å². The molecule has 0 aliphatic carbocycles. The number of carboxylic acids is 1. The average Bonchev–Trinajstić information content (AvgIpc) is 2.91. The minimum Gasteiger partial charge on any atom is -0.478 e. The summed E-state index contributed by atoms with van der Waals surface area (Å²) in [6.45, 7) is 3.78. The van der Waals surface area contributed by atoms with E-state index in [9.17, 15) is 9.59 Å². The standard InChI is InChI=1S/C16H19NO4/c1-10-14(5-7-21-10)15(18)17-6-4-11-2-3-12(16(19)20)8-13(11)9-17/h2-3,8,10,14H,4-7,9H2,1H3,(H,19,20). The lowest BCUT2D eigenvalue weighted by molar-refractivity contribution is -0.137. The summed E-state index contributed by atoms with van der Waals surface area (Å²) in [5.74, 6) is -0.861. The van der Waals surface area contributed by atoms with Crippen LogP contribution in [0.2, 0.25) is 0 Å². The molecule has 1 N–H and O–H groups in total. The molecule has 2 unspecified atom stereocenters. The van der Waals surface area contributed by atoms with Crippen LogP contribution in [0.4, 0.5) is 0 Å². The first-order chi connectivity index (χ1) is 10.1. The fourth-order valence-corrected chi connectivity index (χ4v) is 3.17. The zero-order valence-corrected chi connectivity index (χ0v) is 12.0. The van der Waals surface area contributed by atoms with Crippen molar-refractivity contribution in [2.24, 2.45) is 5.92 Å². The zero-order chi connectivity index (χ0) is 15.0. The molecule has 2 aliphatic heterocycles. The second-order valence-electron chi connectivity index (χ2n) is 5.77. The van der Waals surface area contributed by atoms with Crippen LogP contribution in [0.25, 0.3) is 0 Å². The number of aromatic carboxylic acids is 1. The number of carboxylic acid groups (broad SMARTS) is 1. The Morgan fingerprint density at radius 1 is 1.33 bits per heavy atom. The summed E-state index contributed by atoms with van der Waals surface area (Å²) in [6, 6.07) is 5.18. The Bertz CT molecular complexity index is 584. The van der Waals surface area contributed by atoms with E-state index in [-0.39, 0.29) is 23.5 Å². The van der Waals surface area contributed by atoms with Crippen LogP contribution in [0, 0.1) is 5.92 Å². The first kappa shape index (κ1) is 14.1. The summed E-state index contributed by atoms with van der Waals surface area (Å²) in [7, 11) is 0. The van der Waals surface area contributed by atoms with Crippen LogP contribution in [0.15, 0.2) is 18.2 Å². The van der Waals surface area contributed by atoms with Gasteiger partial charge in [-0.05, 0) is 43.0 Å². The van der Waals surface area contributed by atoms with Crippen molar-refractivity contribution >= 4 is 11.9 Å². The number of fused-ring (bicyclic) bond motifs is 1. The fourth-order valence-electron chi connectivity index (χ4n) is 3.17. The number of ether oxygens (including phenoxy) is 1. The van der Waals surface area contributed by atoms with Gasteiger partial charge in [-0.3, -0.25) is 4.79 Å². The highest BCUT2D eigenvalue weighted by Crippen LogP contribution is 2.27. The molecule has 112 valence electrons. The van der Waals surface area contributed by atoms with Crippen LogP contribution >= 0.6 is 0 Å². The molecule has 0 bridgehead atoms. The van der Waals surface area contributed by atoms with Crippen LogP contribution < -0.4 is 0 Å². The predicted molar refractivity (Wildman–Crippen MR) is 76.0 cm³/mol. The molecule has 2 heterocycles. The van der Waals surface area contributed by atoms with Crippen LogP contribution in [-0.2, 0) is 22.5 Å². The van der Waals surface area contributed by atoms with E-state index >= 15 is 0 Å². The monoisotopic (exact) mass is 289 g/mol. The van der Waals surface area contributed by atoms with Gasteiger partial charge in [-0.2, -0.15) is 0 Å². The third kappa shape index (κ3) is 2.65. The Labute approximate surface area is 123 Å². The number of nitrogens with zero attached hydrogens (tertiary/aromatic N) is 1. The molecule has 1 aromatic rings. The molecule has 3 rings (SSSR count). The summed E-state index contributed by atoms with van der Waals surface area (Å²) < 4.78 is 5.47. The van der Waals surface area contributed by atoms with Crippen LogP contribution in [0.3, 0.4) is 0 Å². The highest BCUT2D eigenvalue weighted by Gasteiger charge is 2.34. The lowest BCUT2D eigenvalue weighted by Crippen LogP contribution is -2.41. The van der Waals surface area contributed by atoms with Gasteiger partial charge in [-0.1, -0.05) is 6.07 Å². The van der Waals surface area contributed by atoms with Crippen molar-refractivity contribution in [2.45, 2.75) is 32.4 Å². The molecule has 0 saturated carbocycles. The molecule has 21 heavy (non-hydrogen) atoms. The van der Waals surface area contributed by atoms with E-state index in [2.05, 4.69) is 0 Å². The summed E-state index contributed by atoms with van der Waals surface area (Å²) in [4.78, 5) is 25.5. The van der Waals surface area contributed by atoms with Crippen molar-refractivity contribution in [1.82, 2.24) is 4.90 Å². The molecule has 1 saturated heterocycles. The van der Waals surface area contributed by atoms with Gasteiger partial charge < -0.3 is 14.7 Å². The summed E-state index contributed by atoms with van der Waals surface area (Å²) in [5, 5.41) is 9.07. The molecule has 0 radical (unpaired) electrons. The fraction of sp³-hybridized carbons (Fsp3) is 0.500. The van der Waals surface area contributed by atoms with Crippen molar-refractivity contribution in [3.05, 3.63) is 34.9 Å². The summed E-state index contributed by atoms with van der Waals surface area (Å²) in [5.41, 5.74) is 2.36. The quantitative estimate of drug-likeness (QED) is 0.899. The van der Waals surface area contributed by atoms with Gasteiger partial charge in [0, 0.05) is 19.7 Å². The number of carbonyl (C=O) groups is 2. The van der Waals surface area contributed by atoms with Crippen LogP contribution in [0.5, 0.6) is 0 Å². The molecule has 5 nitrogen and oxygen atoms in total. The van der Waals surface area contributed by atoms with Gasteiger partial charge in [0.2, 0.25) is 5.91 Å². The normalized spacial score (nSPS) is 24.7. The number of hydrogen-bond acceptors (Lipinski definition) is 3. The Morgan fingerprint density at radius 3 is 2.81 bits per heavy atom. The third-order valence-electron chi connectivity index (χ3n) is 4.47. The molecule has 2 aliphatic rings. The van der Waals surface area contributed by atoms with Crippen molar-refractivity contribution in [3.8, 4) is 0 Å². The first-order valence-electron chi connectivity index (χ1n) is 7.32. The largest absolute Gasteiger partial charge is 0.478 e. The molecular weight excluding hydrogens is 270 g/mol. The van der Waals surface area contributed by atoms with Gasteiger partial charge in [0.1, 0.15) is 0 Å². The number of amides is 1. The van der Waals surface area contributed by atoms with Gasteiger partial charge in [-0.25, -0.2) is 4.79 Å². The van der Waals surface area contributed by atoms with Crippen molar-refractivity contribution in [2.75, 3.05) is 13.2 Å². The van der Waals surface area contributed by atoms with Crippen molar-refractivity contribution < 1.29 is 19.4 Å². The Morgan fingerprint density at radius 2 is 2.14 bits per heavy atom. The van der Waals surface area contributed by atoms with E-state index in [1.165, 1.54) is 0 Å². The highest BCUT2D eigenvalue weighted by molar-refractivity contribution is 5.88. The van der Waals surface area contributed by atoms with E-state index in [1.54, 1.807) is 12.1 Å². The van der Waals surface area contributed by atoms with Gasteiger partial charge in [0.25, 0.3) is 0 Å². The average molecular weight is 289 g/mol. The molecule has 1 aromatic carbocycles. The maximum Gasteiger partial charge on any atom is 0.335 e. The predicted octanol–water partition coefficient (Wildman–Crippen LogP) is 1.69. The van der Waals surface area contributed by atoms with Gasteiger partial charge in [-0.15, -0.1) is 0 Å². The smallest absolute Gasteiger partial charge is 0.335 e. The minimum atomic E-state index is -0.931. The lowest BCUT2D eigenvalue weighted by atomic mass is 9.94. The number of benzene rings is 1. The SMILES string of the molecule is CC1OCCC1C(=O)N1CCc2ccc(C(=O)O)cc2C1. The van der Waals surface area contributed by atoms with E-state index in [0.717, 1.165) is 24.0 Å². The third-order valence-corrected chi connectivity index (χ3v) is 4.47. The summed E-state index contributed by atoms with van der Waals surface area (Å²) in [6.07, 6.45) is 1.53. The number of hydrogen-bond donors (Lipinski definition) is 1. The molecule has 1 fully saturated rings. The molecular formula is C16H19NO4. The van der Waals surface area contributed by atoms with Crippen LogP contribution in [0.1, 0.15) is 34.8 Å². The molecule has 0 aromatic heterocycles. The highest BCUT2D eigenvalue weighted by atomic mass is 16.5. The molecule has 0 spiro atoms. The van der Waals surface area contributed by atoms with E-state index in [4.69, 9.17) is 9.84 Å². The maximum absolute atomic E-state index is 12.6. The number of rotatable bonds is 2. The van der Waals surface area contributed by atoms with Crippen LogP contribution in [-0.4, -0.2) is 41.1 Å². The molecule has 5 heteroatoms. The van der Waals surface area contributed by atoms with Gasteiger partial charge in [0.05, 0.1) is 17.6 Å². The lowest BCUT2D eigenvalue weighted by Gasteiger charge is -2.31.